The van der Waals surface area contributed by atoms with Crippen LogP contribution in [0.3, 0.4) is 0 Å². The molecule has 2 aromatic heterocycles. The second-order valence-electron chi connectivity index (χ2n) is 6.22. The van der Waals surface area contributed by atoms with Gasteiger partial charge in [-0.25, -0.2) is 13.8 Å². The Labute approximate surface area is 142 Å². The second kappa shape index (κ2) is 6.23. The van der Waals surface area contributed by atoms with E-state index < -0.39 is 18.0 Å². The molecule has 1 aromatic carbocycles. The van der Waals surface area contributed by atoms with E-state index in [0.717, 1.165) is 6.42 Å². The third-order valence-electron chi connectivity index (χ3n) is 4.48. The summed E-state index contributed by atoms with van der Waals surface area (Å²) < 4.78 is 28.0. The molecule has 25 heavy (non-hydrogen) atoms. The summed E-state index contributed by atoms with van der Waals surface area (Å²) in [5.74, 6) is -0.0551. The Morgan fingerprint density at radius 1 is 1.24 bits per heavy atom. The first-order valence-corrected chi connectivity index (χ1v) is 8.07. The predicted molar refractivity (Wildman–Crippen MR) is 87.5 cm³/mol. The van der Waals surface area contributed by atoms with E-state index in [4.69, 9.17) is 0 Å². The number of nitrogens with zero attached hydrogens (tertiary/aromatic N) is 4. The van der Waals surface area contributed by atoms with Gasteiger partial charge in [-0.2, -0.15) is 0 Å². The largest absolute Gasteiger partial charge is 0.337 e. The number of carbonyl (C=O) groups is 1. The van der Waals surface area contributed by atoms with E-state index in [2.05, 4.69) is 22.1 Å². The molecule has 0 atom stereocenters. The highest BCUT2D eigenvalue weighted by atomic mass is 19.3. The van der Waals surface area contributed by atoms with Crippen molar-refractivity contribution in [1.29, 1.82) is 0 Å². The normalized spacial score (nSPS) is 14.9. The lowest BCUT2D eigenvalue weighted by Crippen LogP contribution is -2.51. The van der Waals surface area contributed by atoms with E-state index in [1.807, 2.05) is 18.2 Å². The van der Waals surface area contributed by atoms with Crippen molar-refractivity contribution in [1.82, 2.24) is 19.3 Å². The number of halogens is 2. The Bertz CT molecular complexity index is 904. The zero-order chi connectivity index (χ0) is 17.4. The zero-order valence-electron chi connectivity index (χ0n) is 13.3. The van der Waals surface area contributed by atoms with E-state index in [1.165, 1.54) is 28.6 Å². The number of likely N-dealkylation sites (tertiary alicyclic amines) is 1. The molecule has 1 saturated heterocycles. The van der Waals surface area contributed by atoms with Crippen LogP contribution in [0.4, 0.5) is 8.78 Å². The van der Waals surface area contributed by atoms with Crippen LogP contribution in [-0.2, 0) is 6.42 Å². The molecule has 0 N–H and O–H groups in total. The first-order chi connectivity index (χ1) is 12.1. The summed E-state index contributed by atoms with van der Waals surface area (Å²) in [7, 11) is 0. The van der Waals surface area contributed by atoms with Crippen LogP contribution < -0.4 is 0 Å². The number of rotatable bonds is 4. The number of amides is 1. The number of benzene rings is 1. The molecule has 1 fully saturated rings. The molecule has 3 heterocycles. The van der Waals surface area contributed by atoms with Gasteiger partial charge in [0, 0.05) is 25.5 Å². The lowest BCUT2D eigenvalue weighted by molar-refractivity contribution is 0.0483. The van der Waals surface area contributed by atoms with Crippen LogP contribution >= 0.6 is 0 Å². The fourth-order valence-corrected chi connectivity index (χ4v) is 3.25. The van der Waals surface area contributed by atoms with E-state index >= 15 is 0 Å². The molecule has 1 aliphatic rings. The molecule has 0 aliphatic carbocycles. The van der Waals surface area contributed by atoms with Crippen LogP contribution in [0, 0.1) is 5.92 Å². The minimum absolute atomic E-state index is 0.0643. The highest BCUT2D eigenvalue weighted by Gasteiger charge is 2.35. The third kappa shape index (κ3) is 2.86. The SMILES string of the molecule is O=C(c1c(C(F)F)nc2cnccn12)N1CC(Cc2ccccc2)C1. The molecule has 0 bridgehead atoms. The van der Waals surface area contributed by atoms with Crippen molar-refractivity contribution in [3.05, 3.63) is 65.9 Å². The average molecular weight is 342 g/mol. The number of hydrogen-bond acceptors (Lipinski definition) is 3. The van der Waals surface area contributed by atoms with E-state index in [9.17, 15) is 13.6 Å². The first-order valence-electron chi connectivity index (χ1n) is 8.07. The first kappa shape index (κ1) is 15.7. The van der Waals surface area contributed by atoms with Gasteiger partial charge in [-0.15, -0.1) is 0 Å². The fraction of sp³-hybridized carbons (Fsp3) is 0.278. The quantitative estimate of drug-likeness (QED) is 0.732. The number of alkyl halides is 2. The van der Waals surface area contributed by atoms with Gasteiger partial charge in [-0.05, 0) is 17.9 Å². The number of carbonyl (C=O) groups excluding carboxylic acids is 1. The van der Waals surface area contributed by atoms with Crippen LogP contribution in [0.1, 0.15) is 28.2 Å². The molecule has 5 nitrogen and oxygen atoms in total. The summed E-state index contributed by atoms with van der Waals surface area (Å²) in [5, 5.41) is 0. The standard InChI is InChI=1S/C18H16F2N4O/c19-17(20)15-16(24-7-6-21-9-14(24)22-15)18(25)23-10-13(11-23)8-12-4-2-1-3-5-12/h1-7,9,13,17H,8,10-11H2. The van der Waals surface area contributed by atoms with Gasteiger partial charge in [0.05, 0.1) is 6.20 Å². The predicted octanol–water partition coefficient (Wildman–Crippen LogP) is 2.98. The summed E-state index contributed by atoms with van der Waals surface area (Å²) in [6, 6.07) is 10.0. The van der Waals surface area contributed by atoms with E-state index in [-0.39, 0.29) is 11.3 Å². The summed E-state index contributed by atoms with van der Waals surface area (Å²) in [4.78, 5) is 22.1. The van der Waals surface area contributed by atoms with Crippen molar-refractivity contribution in [3.8, 4) is 0 Å². The number of fused-ring (bicyclic) bond motifs is 1. The molecule has 0 unspecified atom stereocenters. The van der Waals surface area contributed by atoms with Crippen molar-refractivity contribution in [2.75, 3.05) is 13.1 Å². The van der Waals surface area contributed by atoms with Gasteiger partial charge in [0.1, 0.15) is 11.4 Å². The lowest BCUT2D eigenvalue weighted by Gasteiger charge is -2.39. The number of imidazole rings is 1. The maximum Gasteiger partial charge on any atom is 0.282 e. The summed E-state index contributed by atoms with van der Waals surface area (Å²) in [5.41, 5.74) is 0.923. The van der Waals surface area contributed by atoms with Crippen LogP contribution in [-0.4, -0.2) is 38.3 Å². The van der Waals surface area contributed by atoms with Gasteiger partial charge in [0.2, 0.25) is 0 Å². The molecule has 4 rings (SSSR count). The molecular formula is C18H16F2N4O. The second-order valence-corrected chi connectivity index (χ2v) is 6.22. The maximum absolute atomic E-state index is 13.3. The smallest absolute Gasteiger partial charge is 0.282 e. The minimum atomic E-state index is -2.81. The molecule has 128 valence electrons. The van der Waals surface area contributed by atoms with Gasteiger partial charge < -0.3 is 4.90 Å². The molecule has 1 amide bonds. The highest BCUT2D eigenvalue weighted by molar-refractivity contribution is 5.95. The molecule has 3 aromatic rings. The van der Waals surface area contributed by atoms with Crippen molar-refractivity contribution >= 4 is 11.6 Å². The Hall–Kier alpha value is -2.83. The van der Waals surface area contributed by atoms with Crippen molar-refractivity contribution in [3.63, 3.8) is 0 Å². The molecule has 1 aliphatic heterocycles. The molecule has 0 spiro atoms. The van der Waals surface area contributed by atoms with Crippen molar-refractivity contribution < 1.29 is 13.6 Å². The zero-order valence-corrected chi connectivity index (χ0v) is 13.3. The number of aromatic nitrogens is 3. The average Bonchev–Trinajstić information content (AvgIpc) is 2.98. The van der Waals surface area contributed by atoms with Gasteiger partial charge >= 0.3 is 0 Å². The molecule has 0 saturated carbocycles. The Morgan fingerprint density at radius 3 is 2.72 bits per heavy atom. The summed E-state index contributed by atoms with van der Waals surface area (Å²) in [6.07, 6.45) is 2.39. The minimum Gasteiger partial charge on any atom is -0.337 e. The van der Waals surface area contributed by atoms with Crippen molar-refractivity contribution in [2.24, 2.45) is 5.92 Å². The van der Waals surface area contributed by atoms with Crippen LogP contribution in [0.15, 0.2) is 48.9 Å². The Kier molecular flexibility index (Phi) is 3.91. The van der Waals surface area contributed by atoms with Gasteiger partial charge in [-0.1, -0.05) is 30.3 Å². The molecule has 7 heteroatoms. The number of hydrogen-bond donors (Lipinski definition) is 0. The van der Waals surface area contributed by atoms with Crippen molar-refractivity contribution in [2.45, 2.75) is 12.8 Å². The van der Waals surface area contributed by atoms with Crippen LogP contribution in [0.2, 0.25) is 0 Å². The molecule has 0 radical (unpaired) electrons. The monoisotopic (exact) mass is 342 g/mol. The van der Waals surface area contributed by atoms with Gasteiger partial charge in [-0.3, -0.25) is 14.2 Å². The lowest BCUT2D eigenvalue weighted by atomic mass is 9.92. The third-order valence-corrected chi connectivity index (χ3v) is 4.48. The van der Waals surface area contributed by atoms with Gasteiger partial charge in [0.25, 0.3) is 12.3 Å². The maximum atomic E-state index is 13.3. The molecular weight excluding hydrogens is 326 g/mol. The summed E-state index contributed by atoms with van der Waals surface area (Å²) in [6.45, 7) is 1.13. The van der Waals surface area contributed by atoms with Crippen LogP contribution in [0.25, 0.3) is 5.65 Å². The Balaban J connectivity index is 1.53. The fourth-order valence-electron chi connectivity index (χ4n) is 3.25. The van der Waals surface area contributed by atoms with E-state index in [1.54, 1.807) is 4.90 Å². The van der Waals surface area contributed by atoms with E-state index in [0.29, 0.717) is 19.0 Å². The van der Waals surface area contributed by atoms with Crippen LogP contribution in [0.5, 0.6) is 0 Å². The Morgan fingerprint density at radius 2 is 2.00 bits per heavy atom. The topological polar surface area (TPSA) is 50.5 Å². The van der Waals surface area contributed by atoms with Gasteiger partial charge in [0.15, 0.2) is 5.65 Å². The highest BCUT2D eigenvalue weighted by Crippen LogP contribution is 2.28. The summed E-state index contributed by atoms with van der Waals surface area (Å²) >= 11 is 0.